The number of benzene rings is 2. The summed E-state index contributed by atoms with van der Waals surface area (Å²) in [4.78, 5) is 24.5. The Balaban J connectivity index is 1.61. The van der Waals surface area contributed by atoms with E-state index in [0.717, 1.165) is 43.4 Å². The molecular formula is C22H25N3O5. The molecule has 3 rings (SSSR count). The van der Waals surface area contributed by atoms with Crippen molar-refractivity contribution in [2.75, 3.05) is 5.32 Å². The van der Waals surface area contributed by atoms with Crippen molar-refractivity contribution in [1.29, 1.82) is 0 Å². The summed E-state index contributed by atoms with van der Waals surface area (Å²) in [6, 6.07) is 9.21. The van der Waals surface area contributed by atoms with Crippen molar-refractivity contribution in [1.82, 2.24) is 5.43 Å². The zero-order valence-corrected chi connectivity index (χ0v) is 16.7. The largest absolute Gasteiger partial charge is 0.504 e. The van der Waals surface area contributed by atoms with Crippen molar-refractivity contribution < 1.29 is 24.9 Å². The number of nitrogens with zero attached hydrogens (tertiary/aromatic N) is 1. The molecule has 0 saturated heterocycles. The number of carbonyl (C=O) groups excluding carboxylic acids is 2. The van der Waals surface area contributed by atoms with Gasteiger partial charge < -0.3 is 20.6 Å². The highest BCUT2D eigenvalue weighted by molar-refractivity contribution is 6.01. The third-order valence-electron chi connectivity index (χ3n) is 5.20. The van der Waals surface area contributed by atoms with Gasteiger partial charge in [-0.1, -0.05) is 31.4 Å². The smallest absolute Gasteiger partial charge is 0.271 e. The zero-order valence-electron chi connectivity index (χ0n) is 16.7. The molecule has 8 nitrogen and oxygen atoms in total. The molecule has 0 atom stereocenters. The third kappa shape index (κ3) is 5.08. The molecule has 1 aliphatic carbocycles. The van der Waals surface area contributed by atoms with Gasteiger partial charge >= 0.3 is 0 Å². The third-order valence-corrected chi connectivity index (χ3v) is 5.20. The molecule has 0 aromatic heterocycles. The second-order valence-electron chi connectivity index (χ2n) is 7.40. The van der Waals surface area contributed by atoms with E-state index in [1.807, 2.05) is 0 Å². The van der Waals surface area contributed by atoms with Crippen molar-refractivity contribution >= 4 is 23.2 Å². The second kappa shape index (κ2) is 9.30. The number of rotatable bonds is 5. The molecule has 2 aromatic rings. The van der Waals surface area contributed by atoms with Gasteiger partial charge in [0.15, 0.2) is 17.2 Å². The van der Waals surface area contributed by atoms with Gasteiger partial charge in [-0.25, -0.2) is 5.43 Å². The van der Waals surface area contributed by atoms with E-state index in [1.54, 1.807) is 31.2 Å². The first-order valence-corrected chi connectivity index (χ1v) is 9.86. The molecule has 1 aliphatic rings. The summed E-state index contributed by atoms with van der Waals surface area (Å²) >= 11 is 0. The topological polar surface area (TPSA) is 131 Å². The number of phenols is 3. The van der Waals surface area contributed by atoms with E-state index < -0.39 is 23.2 Å². The van der Waals surface area contributed by atoms with Crippen molar-refractivity contribution in [3.8, 4) is 17.2 Å². The Bertz CT molecular complexity index is 940. The van der Waals surface area contributed by atoms with Crippen LogP contribution in [0, 0.1) is 5.92 Å². The van der Waals surface area contributed by atoms with Crippen LogP contribution >= 0.6 is 0 Å². The van der Waals surface area contributed by atoms with E-state index in [1.165, 1.54) is 6.42 Å². The van der Waals surface area contributed by atoms with Crippen LogP contribution < -0.4 is 10.7 Å². The van der Waals surface area contributed by atoms with E-state index in [2.05, 4.69) is 15.8 Å². The molecule has 30 heavy (non-hydrogen) atoms. The maximum Gasteiger partial charge on any atom is 0.271 e. The maximum absolute atomic E-state index is 12.3. The van der Waals surface area contributed by atoms with Gasteiger partial charge in [0.1, 0.15) is 0 Å². The van der Waals surface area contributed by atoms with E-state index in [4.69, 9.17) is 0 Å². The molecule has 1 fully saturated rings. The number of carbonyl (C=O) groups is 2. The minimum atomic E-state index is -0.693. The van der Waals surface area contributed by atoms with Crippen LogP contribution in [-0.2, 0) is 4.79 Å². The number of anilines is 1. The molecule has 0 bridgehead atoms. The van der Waals surface area contributed by atoms with Crippen LogP contribution in [0.25, 0.3) is 0 Å². The number of hydrazone groups is 1. The van der Waals surface area contributed by atoms with Crippen LogP contribution in [0.15, 0.2) is 41.5 Å². The lowest BCUT2D eigenvalue weighted by Gasteiger charge is -2.20. The summed E-state index contributed by atoms with van der Waals surface area (Å²) in [5.41, 5.74) is 4.27. The average Bonchev–Trinajstić information content (AvgIpc) is 2.76. The Hall–Kier alpha value is -3.55. The van der Waals surface area contributed by atoms with Crippen molar-refractivity contribution in [3.05, 3.63) is 47.5 Å². The normalized spacial score (nSPS) is 14.9. The molecule has 5 N–H and O–H groups in total. The summed E-state index contributed by atoms with van der Waals surface area (Å²) in [5, 5.41) is 35.3. The molecule has 2 aromatic carbocycles. The second-order valence-corrected chi connectivity index (χ2v) is 7.40. The Morgan fingerprint density at radius 3 is 2.13 bits per heavy atom. The summed E-state index contributed by atoms with van der Waals surface area (Å²) in [6.07, 6.45) is 5.27. The van der Waals surface area contributed by atoms with Gasteiger partial charge in [0.25, 0.3) is 5.91 Å². The molecule has 158 valence electrons. The van der Waals surface area contributed by atoms with Crippen LogP contribution in [0.2, 0.25) is 0 Å². The number of hydrogen-bond donors (Lipinski definition) is 5. The predicted molar refractivity (Wildman–Crippen MR) is 113 cm³/mol. The number of hydrogen-bond acceptors (Lipinski definition) is 6. The number of phenolic OH excluding ortho intramolecular Hbond substituents is 3. The van der Waals surface area contributed by atoms with Crippen LogP contribution in [0.5, 0.6) is 17.2 Å². The number of aromatic hydroxyl groups is 3. The summed E-state index contributed by atoms with van der Waals surface area (Å²) in [7, 11) is 0. The van der Waals surface area contributed by atoms with Crippen molar-refractivity contribution in [2.45, 2.75) is 39.0 Å². The van der Waals surface area contributed by atoms with E-state index in [0.29, 0.717) is 11.4 Å². The quantitative estimate of drug-likeness (QED) is 0.292. The van der Waals surface area contributed by atoms with Crippen LogP contribution in [0.4, 0.5) is 5.69 Å². The monoisotopic (exact) mass is 411 g/mol. The molecule has 8 heteroatoms. The van der Waals surface area contributed by atoms with Gasteiger partial charge in [-0.05, 0) is 49.6 Å². The first kappa shape index (κ1) is 21.2. The Morgan fingerprint density at radius 2 is 1.53 bits per heavy atom. The van der Waals surface area contributed by atoms with Gasteiger partial charge in [-0.15, -0.1) is 0 Å². The van der Waals surface area contributed by atoms with Gasteiger partial charge in [0.05, 0.1) is 5.71 Å². The Labute approximate surface area is 174 Å². The van der Waals surface area contributed by atoms with Gasteiger partial charge in [-0.3, -0.25) is 9.59 Å². The highest BCUT2D eigenvalue weighted by Gasteiger charge is 2.21. The molecular weight excluding hydrogens is 386 g/mol. The lowest BCUT2D eigenvalue weighted by molar-refractivity contribution is -0.120. The van der Waals surface area contributed by atoms with Crippen LogP contribution in [0.1, 0.15) is 54.9 Å². The predicted octanol–water partition coefficient (Wildman–Crippen LogP) is 3.48. The van der Waals surface area contributed by atoms with Gasteiger partial charge in [0, 0.05) is 17.2 Å². The molecule has 0 heterocycles. The summed E-state index contributed by atoms with van der Waals surface area (Å²) < 4.78 is 0. The fourth-order valence-electron chi connectivity index (χ4n) is 3.40. The fraction of sp³-hybridized carbons (Fsp3) is 0.318. The fourth-order valence-corrected chi connectivity index (χ4v) is 3.40. The Morgan fingerprint density at radius 1 is 0.933 bits per heavy atom. The van der Waals surface area contributed by atoms with Gasteiger partial charge in [0.2, 0.25) is 5.91 Å². The molecule has 1 saturated carbocycles. The Kier molecular flexibility index (Phi) is 6.56. The molecule has 0 unspecified atom stereocenters. The first-order chi connectivity index (χ1) is 14.3. The summed E-state index contributed by atoms with van der Waals surface area (Å²) in [5.74, 6) is -2.42. The van der Waals surface area contributed by atoms with E-state index in [-0.39, 0.29) is 17.4 Å². The van der Waals surface area contributed by atoms with E-state index in [9.17, 15) is 24.9 Å². The molecule has 0 radical (unpaired) electrons. The lowest BCUT2D eigenvalue weighted by atomic mass is 9.88. The standard InChI is InChI=1S/C22H25N3O5/c1-13(24-25-22(30)16-11-18(26)20(28)19(27)12-16)14-7-9-17(10-8-14)23-21(29)15-5-3-2-4-6-15/h7-12,15,26-28H,2-6H2,1H3,(H,23,29)(H,25,30). The maximum atomic E-state index is 12.3. The molecule has 0 spiro atoms. The highest BCUT2D eigenvalue weighted by atomic mass is 16.3. The van der Waals surface area contributed by atoms with Crippen LogP contribution in [-0.4, -0.2) is 32.8 Å². The summed E-state index contributed by atoms with van der Waals surface area (Å²) in [6.45, 7) is 1.71. The van der Waals surface area contributed by atoms with Gasteiger partial charge in [-0.2, -0.15) is 5.10 Å². The first-order valence-electron chi connectivity index (χ1n) is 9.86. The van der Waals surface area contributed by atoms with Crippen molar-refractivity contribution in [3.63, 3.8) is 0 Å². The highest BCUT2D eigenvalue weighted by Crippen LogP contribution is 2.35. The minimum Gasteiger partial charge on any atom is -0.504 e. The van der Waals surface area contributed by atoms with Crippen LogP contribution in [0.3, 0.4) is 0 Å². The SMILES string of the molecule is CC(=NNC(=O)c1cc(O)c(O)c(O)c1)c1ccc(NC(=O)C2CCCCC2)cc1. The number of amides is 2. The number of nitrogens with one attached hydrogen (secondary N) is 2. The average molecular weight is 411 g/mol. The molecule has 2 amide bonds. The van der Waals surface area contributed by atoms with Crippen molar-refractivity contribution in [2.24, 2.45) is 11.0 Å². The van der Waals surface area contributed by atoms with E-state index >= 15 is 0 Å². The molecule has 0 aliphatic heterocycles. The minimum absolute atomic E-state index is 0.0554. The zero-order chi connectivity index (χ0) is 21.7. The lowest BCUT2D eigenvalue weighted by Crippen LogP contribution is -2.24.